The van der Waals surface area contributed by atoms with Crippen molar-refractivity contribution in [3.8, 4) is 0 Å². The maximum Gasteiger partial charge on any atom is 0.445 e. The molecule has 0 fully saturated rings. The fraction of sp³-hybridized carbons (Fsp3) is 0.667. The highest BCUT2D eigenvalue weighted by Gasteiger charge is 2.70. The molecule has 82 valence electrons. The lowest BCUT2D eigenvalue weighted by Crippen LogP contribution is -2.55. The van der Waals surface area contributed by atoms with Crippen LogP contribution in [0.1, 0.15) is 0 Å². The molecular weight excluding hydrogens is 212 g/mol. The highest BCUT2D eigenvalue weighted by Crippen LogP contribution is 2.36. The van der Waals surface area contributed by atoms with E-state index < -0.39 is 23.8 Å². The van der Waals surface area contributed by atoms with Crippen LogP contribution in [0.25, 0.3) is 0 Å². The first kappa shape index (κ1) is 12.7. The summed E-state index contributed by atoms with van der Waals surface area (Å²) < 4.78 is 56.1. The summed E-state index contributed by atoms with van der Waals surface area (Å²) in [5, 5.41) is 0. The molecule has 0 aliphatic heterocycles. The van der Waals surface area contributed by atoms with Crippen molar-refractivity contribution in [1.29, 1.82) is 0 Å². The molecule has 4 nitrogen and oxygen atoms in total. The van der Waals surface area contributed by atoms with Crippen LogP contribution >= 0.6 is 0 Å². The van der Waals surface area contributed by atoms with E-state index >= 15 is 0 Å². The molecule has 0 atom stereocenters. The molecule has 0 N–H and O–H groups in total. The summed E-state index contributed by atoms with van der Waals surface area (Å²) in [6.45, 7) is 0. The SMILES string of the molecule is COC(=O)C(F)(C(=O)OC)C(F)(F)F. The van der Waals surface area contributed by atoms with Crippen molar-refractivity contribution >= 4 is 11.9 Å². The van der Waals surface area contributed by atoms with Gasteiger partial charge in [0, 0.05) is 0 Å². The van der Waals surface area contributed by atoms with Gasteiger partial charge >= 0.3 is 23.8 Å². The minimum absolute atomic E-state index is 0.519. The van der Waals surface area contributed by atoms with Crippen molar-refractivity contribution in [1.82, 2.24) is 0 Å². The normalized spacial score (nSPS) is 12.1. The molecule has 0 aromatic carbocycles. The molecule has 0 radical (unpaired) electrons. The largest absolute Gasteiger partial charge is 0.466 e. The first-order chi connectivity index (χ1) is 6.21. The highest BCUT2D eigenvalue weighted by molar-refractivity contribution is 6.04. The van der Waals surface area contributed by atoms with Crippen LogP contribution in [0.2, 0.25) is 0 Å². The third-order valence-corrected chi connectivity index (χ3v) is 1.32. The number of halogens is 4. The molecule has 0 aliphatic carbocycles. The van der Waals surface area contributed by atoms with Crippen LogP contribution in [-0.2, 0) is 19.1 Å². The van der Waals surface area contributed by atoms with Crippen LogP contribution < -0.4 is 0 Å². The first-order valence-electron chi connectivity index (χ1n) is 3.14. The van der Waals surface area contributed by atoms with Gasteiger partial charge in [-0.3, -0.25) is 0 Å². The Morgan fingerprint density at radius 2 is 1.21 bits per heavy atom. The predicted octanol–water partition coefficient (Wildman–Crippen LogP) is 0.603. The second-order valence-electron chi connectivity index (χ2n) is 2.14. The van der Waals surface area contributed by atoms with Crippen LogP contribution in [-0.4, -0.2) is 38.0 Å². The van der Waals surface area contributed by atoms with Crippen LogP contribution in [0.15, 0.2) is 0 Å². The molecule has 0 rings (SSSR count). The molecule has 8 heteroatoms. The molecule has 0 aliphatic rings. The van der Waals surface area contributed by atoms with Gasteiger partial charge in [-0.1, -0.05) is 0 Å². The molecular formula is C6H6F4O4. The Balaban J connectivity index is 5.27. The van der Waals surface area contributed by atoms with Crippen LogP contribution in [0, 0.1) is 0 Å². The number of rotatable bonds is 2. The van der Waals surface area contributed by atoms with Gasteiger partial charge in [-0.15, -0.1) is 0 Å². The van der Waals surface area contributed by atoms with E-state index in [-0.39, 0.29) is 0 Å². The van der Waals surface area contributed by atoms with Gasteiger partial charge < -0.3 is 9.47 Å². The number of alkyl halides is 4. The zero-order valence-electron chi connectivity index (χ0n) is 7.14. The lowest BCUT2D eigenvalue weighted by atomic mass is 10.1. The molecule has 0 unspecified atom stereocenters. The molecule has 0 saturated heterocycles. The molecule has 0 amide bonds. The maximum atomic E-state index is 13.0. The Hall–Kier alpha value is -1.34. The summed E-state index contributed by atoms with van der Waals surface area (Å²) in [4.78, 5) is 20.9. The van der Waals surface area contributed by atoms with E-state index in [9.17, 15) is 27.2 Å². The van der Waals surface area contributed by atoms with Gasteiger partial charge in [-0.25, -0.2) is 14.0 Å². The molecule has 0 saturated carbocycles. The van der Waals surface area contributed by atoms with E-state index in [1.54, 1.807) is 0 Å². The topological polar surface area (TPSA) is 52.6 Å². The minimum atomic E-state index is -5.72. The molecule has 0 bridgehead atoms. The van der Waals surface area contributed by atoms with E-state index in [0.717, 1.165) is 0 Å². The smallest absolute Gasteiger partial charge is 0.445 e. The summed E-state index contributed by atoms with van der Waals surface area (Å²) >= 11 is 0. The molecule has 0 heterocycles. The predicted molar refractivity (Wildman–Crippen MR) is 33.9 cm³/mol. The van der Waals surface area contributed by atoms with Gasteiger partial charge in [-0.05, 0) is 0 Å². The number of ether oxygens (including phenoxy) is 2. The van der Waals surface area contributed by atoms with Crippen molar-refractivity contribution in [3.05, 3.63) is 0 Å². The Labute approximate surface area is 75.8 Å². The lowest BCUT2D eigenvalue weighted by molar-refractivity contribution is -0.241. The number of carbonyl (C=O) groups is 2. The second kappa shape index (κ2) is 3.81. The number of hydrogen-bond donors (Lipinski definition) is 0. The number of methoxy groups -OCH3 is 2. The highest BCUT2D eigenvalue weighted by atomic mass is 19.4. The fourth-order valence-electron chi connectivity index (χ4n) is 0.596. The van der Waals surface area contributed by atoms with Crippen molar-refractivity contribution in [2.24, 2.45) is 0 Å². The zero-order chi connectivity index (χ0) is 11.6. The maximum absolute atomic E-state index is 13.0. The standard InChI is InChI=1S/C6H6F4O4/c1-13-3(11)5(7,4(12)14-2)6(8,9)10/h1-2H3. The third kappa shape index (κ3) is 1.78. The monoisotopic (exact) mass is 218 g/mol. The van der Waals surface area contributed by atoms with E-state index in [4.69, 9.17) is 0 Å². The summed E-state index contributed by atoms with van der Waals surface area (Å²) in [5.41, 5.74) is -4.77. The van der Waals surface area contributed by atoms with Crippen LogP contribution in [0.3, 0.4) is 0 Å². The van der Waals surface area contributed by atoms with Gasteiger partial charge in [0.2, 0.25) is 0 Å². The van der Waals surface area contributed by atoms with Crippen LogP contribution in [0.4, 0.5) is 17.6 Å². The summed E-state index contributed by atoms with van der Waals surface area (Å²) in [7, 11) is 1.04. The van der Waals surface area contributed by atoms with Gasteiger partial charge in [0.05, 0.1) is 14.2 Å². The van der Waals surface area contributed by atoms with Crippen molar-refractivity contribution in [2.45, 2.75) is 11.8 Å². The van der Waals surface area contributed by atoms with Gasteiger partial charge in [0.1, 0.15) is 0 Å². The van der Waals surface area contributed by atoms with Gasteiger partial charge in [0.25, 0.3) is 0 Å². The summed E-state index contributed by atoms with van der Waals surface area (Å²) in [6.07, 6.45) is -5.72. The minimum Gasteiger partial charge on any atom is -0.466 e. The fourth-order valence-corrected chi connectivity index (χ4v) is 0.596. The van der Waals surface area contributed by atoms with Crippen LogP contribution in [0.5, 0.6) is 0 Å². The first-order valence-corrected chi connectivity index (χ1v) is 3.14. The number of esters is 2. The Kier molecular flexibility index (Phi) is 3.44. The summed E-state index contributed by atoms with van der Waals surface area (Å²) in [6, 6.07) is 0. The van der Waals surface area contributed by atoms with E-state index in [1.807, 2.05) is 0 Å². The quantitative estimate of drug-likeness (QED) is 0.387. The van der Waals surface area contributed by atoms with E-state index in [0.29, 0.717) is 14.2 Å². The lowest BCUT2D eigenvalue weighted by Gasteiger charge is -2.21. The zero-order valence-corrected chi connectivity index (χ0v) is 7.14. The molecule has 0 spiro atoms. The van der Waals surface area contributed by atoms with Gasteiger partial charge in [-0.2, -0.15) is 13.2 Å². The molecule has 0 aromatic rings. The Morgan fingerprint density at radius 1 is 0.929 bits per heavy atom. The second-order valence-corrected chi connectivity index (χ2v) is 2.14. The average molecular weight is 218 g/mol. The van der Waals surface area contributed by atoms with E-state index in [1.165, 1.54) is 0 Å². The van der Waals surface area contributed by atoms with Crippen molar-refractivity contribution < 1.29 is 36.6 Å². The molecule has 14 heavy (non-hydrogen) atoms. The van der Waals surface area contributed by atoms with Gasteiger partial charge in [0.15, 0.2) is 0 Å². The number of hydrogen-bond acceptors (Lipinski definition) is 4. The molecule has 0 aromatic heterocycles. The average Bonchev–Trinajstić information content (AvgIpc) is 2.12. The Morgan fingerprint density at radius 3 is 1.36 bits per heavy atom. The Bertz CT molecular complexity index is 231. The van der Waals surface area contributed by atoms with E-state index in [2.05, 4.69) is 9.47 Å². The third-order valence-electron chi connectivity index (χ3n) is 1.32. The summed E-state index contributed by atoms with van der Waals surface area (Å²) in [5.74, 6) is -4.73. The number of carbonyl (C=O) groups excluding carboxylic acids is 2. The van der Waals surface area contributed by atoms with Crippen molar-refractivity contribution in [3.63, 3.8) is 0 Å². The van der Waals surface area contributed by atoms with Crippen molar-refractivity contribution in [2.75, 3.05) is 14.2 Å².